The van der Waals surface area contributed by atoms with Crippen LogP contribution in [-0.4, -0.2) is 13.4 Å². The Hall–Kier alpha value is -1.27. The van der Waals surface area contributed by atoms with Crippen molar-refractivity contribution in [3.05, 3.63) is 58.6 Å². The topological polar surface area (TPSA) is 47.0 Å². The lowest BCUT2D eigenvalue weighted by molar-refractivity contribution is 0.589. The fourth-order valence-electron chi connectivity index (χ4n) is 1.43. The van der Waals surface area contributed by atoms with Gasteiger partial charge < -0.3 is 0 Å². The predicted molar refractivity (Wildman–Crippen MR) is 69.2 cm³/mol. The average Bonchev–Trinajstić information content (AvgIpc) is 2.32. The molecule has 1 heterocycles. The molecule has 0 amide bonds. The fourth-order valence-corrected chi connectivity index (χ4v) is 2.97. The second-order valence-corrected chi connectivity index (χ2v) is 6.59. The molecule has 0 aliphatic carbocycles. The zero-order chi connectivity index (χ0) is 13.2. The summed E-state index contributed by atoms with van der Waals surface area (Å²) in [5, 5.41) is 0. The summed E-state index contributed by atoms with van der Waals surface area (Å²) < 4.78 is 37.8. The third-order valence-corrected chi connectivity index (χ3v) is 4.40. The lowest BCUT2D eigenvalue weighted by Crippen LogP contribution is -2.06. The highest BCUT2D eigenvalue weighted by atomic mass is 79.9. The Kier molecular flexibility index (Phi) is 3.77. The number of pyridine rings is 1. The summed E-state index contributed by atoms with van der Waals surface area (Å²) in [5.41, 5.74) is 0.419. The van der Waals surface area contributed by atoms with Gasteiger partial charge in [-0.3, -0.25) is 4.98 Å². The highest BCUT2D eigenvalue weighted by Crippen LogP contribution is 2.17. The van der Waals surface area contributed by atoms with Crippen LogP contribution in [0.4, 0.5) is 4.39 Å². The number of hydrogen-bond donors (Lipinski definition) is 0. The standard InChI is InChI=1S/C12H9BrFNO2S/c13-9-4-5-11(15-7-9)8-18(16,17)12-3-1-2-10(14)6-12/h1-7H,8H2. The monoisotopic (exact) mass is 329 g/mol. The van der Waals surface area contributed by atoms with Gasteiger partial charge in [0.1, 0.15) is 5.82 Å². The summed E-state index contributed by atoms with van der Waals surface area (Å²) in [6.45, 7) is 0. The molecule has 0 saturated carbocycles. The highest BCUT2D eigenvalue weighted by Gasteiger charge is 2.16. The van der Waals surface area contributed by atoms with E-state index in [1.807, 2.05) is 0 Å². The lowest BCUT2D eigenvalue weighted by atomic mass is 10.3. The summed E-state index contributed by atoms with van der Waals surface area (Å²) in [6, 6.07) is 8.28. The fraction of sp³-hybridized carbons (Fsp3) is 0.0833. The van der Waals surface area contributed by atoms with Gasteiger partial charge in [-0.15, -0.1) is 0 Å². The van der Waals surface area contributed by atoms with Crippen LogP contribution in [0.5, 0.6) is 0 Å². The molecule has 0 N–H and O–H groups in total. The maximum atomic E-state index is 13.0. The van der Waals surface area contributed by atoms with Gasteiger partial charge in [0.2, 0.25) is 0 Å². The van der Waals surface area contributed by atoms with E-state index in [4.69, 9.17) is 0 Å². The first-order valence-electron chi connectivity index (χ1n) is 5.06. The predicted octanol–water partition coefficient (Wildman–Crippen LogP) is 2.96. The molecule has 0 radical (unpaired) electrons. The van der Waals surface area contributed by atoms with Crippen molar-refractivity contribution in [3.63, 3.8) is 0 Å². The molecule has 0 bridgehead atoms. The van der Waals surface area contributed by atoms with Gasteiger partial charge in [-0.25, -0.2) is 12.8 Å². The molecule has 2 rings (SSSR count). The molecule has 1 aromatic carbocycles. The Balaban J connectivity index is 2.30. The van der Waals surface area contributed by atoms with Crippen molar-refractivity contribution in [3.8, 4) is 0 Å². The van der Waals surface area contributed by atoms with E-state index < -0.39 is 15.7 Å². The van der Waals surface area contributed by atoms with E-state index in [2.05, 4.69) is 20.9 Å². The third kappa shape index (κ3) is 3.14. The van der Waals surface area contributed by atoms with Gasteiger partial charge in [-0.1, -0.05) is 6.07 Å². The van der Waals surface area contributed by atoms with Crippen molar-refractivity contribution in [1.82, 2.24) is 4.98 Å². The Morgan fingerprint density at radius 2 is 2.00 bits per heavy atom. The number of rotatable bonds is 3. The van der Waals surface area contributed by atoms with Crippen molar-refractivity contribution >= 4 is 25.8 Å². The second-order valence-electron chi connectivity index (χ2n) is 3.68. The average molecular weight is 330 g/mol. The van der Waals surface area contributed by atoms with Crippen LogP contribution in [0.15, 0.2) is 52.0 Å². The first-order valence-corrected chi connectivity index (χ1v) is 7.51. The van der Waals surface area contributed by atoms with Gasteiger partial charge in [-0.05, 0) is 46.3 Å². The highest BCUT2D eigenvalue weighted by molar-refractivity contribution is 9.10. The molecule has 3 nitrogen and oxygen atoms in total. The number of sulfone groups is 1. The lowest BCUT2D eigenvalue weighted by Gasteiger charge is -2.04. The van der Waals surface area contributed by atoms with Crippen LogP contribution in [-0.2, 0) is 15.6 Å². The summed E-state index contributed by atoms with van der Waals surface area (Å²) in [6.07, 6.45) is 1.52. The molecule has 94 valence electrons. The van der Waals surface area contributed by atoms with Gasteiger partial charge in [-0.2, -0.15) is 0 Å². The quantitative estimate of drug-likeness (QED) is 0.869. The van der Waals surface area contributed by atoms with Gasteiger partial charge in [0.05, 0.1) is 16.3 Å². The molecule has 0 spiro atoms. The van der Waals surface area contributed by atoms with E-state index >= 15 is 0 Å². The Morgan fingerprint density at radius 3 is 2.61 bits per heavy atom. The molecule has 0 aliphatic rings. The minimum atomic E-state index is -3.57. The number of nitrogens with zero attached hydrogens (tertiary/aromatic N) is 1. The molecule has 0 aliphatic heterocycles. The van der Waals surface area contributed by atoms with Crippen molar-refractivity contribution in [2.24, 2.45) is 0 Å². The van der Waals surface area contributed by atoms with Crippen LogP contribution in [0.2, 0.25) is 0 Å². The molecular formula is C12H9BrFNO2S. The summed E-state index contributed by atoms with van der Waals surface area (Å²) >= 11 is 3.22. The van der Waals surface area contributed by atoms with Crippen LogP contribution in [0.3, 0.4) is 0 Å². The maximum absolute atomic E-state index is 13.0. The summed E-state index contributed by atoms with van der Waals surface area (Å²) in [5.74, 6) is -0.816. The zero-order valence-electron chi connectivity index (χ0n) is 9.18. The number of hydrogen-bond acceptors (Lipinski definition) is 3. The van der Waals surface area contributed by atoms with E-state index in [-0.39, 0.29) is 10.6 Å². The molecule has 0 unspecified atom stereocenters. The van der Waals surface area contributed by atoms with E-state index in [9.17, 15) is 12.8 Å². The van der Waals surface area contributed by atoms with Crippen LogP contribution in [0.25, 0.3) is 0 Å². The van der Waals surface area contributed by atoms with Crippen LogP contribution >= 0.6 is 15.9 Å². The molecule has 0 fully saturated rings. The van der Waals surface area contributed by atoms with E-state index in [1.165, 1.54) is 24.4 Å². The molecule has 2 aromatic rings. The third-order valence-electron chi connectivity index (χ3n) is 2.28. The van der Waals surface area contributed by atoms with Gasteiger partial charge in [0.15, 0.2) is 9.84 Å². The Labute approximate surface area is 113 Å². The number of halogens is 2. The van der Waals surface area contributed by atoms with E-state index in [0.717, 1.165) is 10.5 Å². The zero-order valence-corrected chi connectivity index (χ0v) is 11.6. The first kappa shape index (κ1) is 13.2. The SMILES string of the molecule is O=S(=O)(Cc1ccc(Br)cn1)c1cccc(F)c1. The van der Waals surface area contributed by atoms with Crippen molar-refractivity contribution < 1.29 is 12.8 Å². The summed E-state index contributed by atoms with van der Waals surface area (Å²) in [7, 11) is -3.57. The number of aromatic nitrogens is 1. The minimum absolute atomic E-state index is 0.0350. The minimum Gasteiger partial charge on any atom is -0.259 e. The van der Waals surface area contributed by atoms with Gasteiger partial charge >= 0.3 is 0 Å². The van der Waals surface area contributed by atoms with Crippen LogP contribution in [0.1, 0.15) is 5.69 Å². The molecule has 6 heteroatoms. The van der Waals surface area contributed by atoms with Crippen LogP contribution < -0.4 is 0 Å². The molecule has 0 atom stereocenters. The largest absolute Gasteiger partial charge is 0.259 e. The maximum Gasteiger partial charge on any atom is 0.184 e. The normalized spacial score (nSPS) is 11.4. The number of benzene rings is 1. The Morgan fingerprint density at radius 1 is 1.22 bits per heavy atom. The van der Waals surface area contributed by atoms with Gasteiger partial charge in [0, 0.05) is 10.7 Å². The smallest absolute Gasteiger partial charge is 0.184 e. The van der Waals surface area contributed by atoms with Crippen molar-refractivity contribution in [2.75, 3.05) is 0 Å². The van der Waals surface area contributed by atoms with E-state index in [0.29, 0.717) is 5.69 Å². The van der Waals surface area contributed by atoms with Gasteiger partial charge in [0.25, 0.3) is 0 Å². The Bertz CT molecular complexity index is 656. The molecule has 18 heavy (non-hydrogen) atoms. The summed E-state index contributed by atoms with van der Waals surface area (Å²) in [4.78, 5) is 3.96. The molecule has 0 saturated heterocycles. The van der Waals surface area contributed by atoms with Crippen molar-refractivity contribution in [1.29, 1.82) is 0 Å². The second kappa shape index (κ2) is 5.16. The van der Waals surface area contributed by atoms with E-state index in [1.54, 1.807) is 12.1 Å². The molecule has 1 aromatic heterocycles. The first-order chi connectivity index (χ1) is 8.47. The van der Waals surface area contributed by atoms with Crippen molar-refractivity contribution in [2.45, 2.75) is 10.6 Å². The molecular weight excluding hydrogens is 321 g/mol. The van der Waals surface area contributed by atoms with Crippen LogP contribution in [0, 0.1) is 5.82 Å².